The van der Waals surface area contributed by atoms with Crippen molar-refractivity contribution in [3.8, 4) is 33.4 Å². The summed E-state index contributed by atoms with van der Waals surface area (Å²) in [6.45, 7) is 0. The lowest BCUT2D eigenvalue weighted by molar-refractivity contribution is 0.668. The van der Waals surface area contributed by atoms with Gasteiger partial charge >= 0.3 is 0 Å². The fourth-order valence-electron chi connectivity index (χ4n) is 9.07. The lowest BCUT2D eigenvalue weighted by atomic mass is 9.96. The number of para-hydroxylation sites is 1. The lowest BCUT2D eigenvalue weighted by Gasteiger charge is -2.27. The van der Waals surface area contributed by atoms with Gasteiger partial charge in [0.25, 0.3) is 0 Å². The van der Waals surface area contributed by atoms with Crippen LogP contribution >= 0.6 is 0 Å². The Morgan fingerprint density at radius 1 is 0.305 bits per heavy atom. The fraction of sp³-hybridized carbons (Fsp3) is 0. The second kappa shape index (κ2) is 13.4. The molecule has 0 unspecified atom stereocenters. The molecule has 0 aliphatic carbocycles. The summed E-state index contributed by atoms with van der Waals surface area (Å²) in [7, 11) is 0. The molecule has 0 spiro atoms. The predicted octanol–water partition coefficient (Wildman–Crippen LogP) is 16.3. The first-order valence-corrected chi connectivity index (χ1v) is 20.1. The third-order valence-electron chi connectivity index (χ3n) is 11.9. The highest BCUT2D eigenvalue weighted by molar-refractivity contribution is 6.18. The topological polar surface area (TPSA) is 29.5 Å². The molecular formula is C56H35NO2. The number of rotatable bonds is 6. The molecule has 0 aliphatic rings. The van der Waals surface area contributed by atoms with Gasteiger partial charge in [-0.25, -0.2) is 0 Å². The molecule has 59 heavy (non-hydrogen) atoms. The van der Waals surface area contributed by atoms with Gasteiger partial charge in [0.05, 0.1) is 5.69 Å². The van der Waals surface area contributed by atoms with Crippen LogP contribution in [0.15, 0.2) is 221 Å². The molecule has 2 aromatic heterocycles. The van der Waals surface area contributed by atoms with E-state index in [1.807, 2.05) is 12.1 Å². The highest BCUT2D eigenvalue weighted by Crippen LogP contribution is 2.48. The third kappa shape index (κ3) is 5.44. The molecule has 276 valence electrons. The van der Waals surface area contributed by atoms with Crippen LogP contribution in [-0.2, 0) is 0 Å². The van der Waals surface area contributed by atoms with Crippen LogP contribution in [-0.4, -0.2) is 0 Å². The Morgan fingerprint density at radius 2 is 0.915 bits per heavy atom. The highest BCUT2D eigenvalue weighted by Gasteiger charge is 2.23. The van der Waals surface area contributed by atoms with Gasteiger partial charge < -0.3 is 13.7 Å². The minimum absolute atomic E-state index is 0.836. The van der Waals surface area contributed by atoms with Crippen LogP contribution in [0.2, 0.25) is 0 Å². The zero-order chi connectivity index (χ0) is 38.9. The molecule has 0 amide bonds. The summed E-state index contributed by atoms with van der Waals surface area (Å²) in [6, 6.07) is 75.7. The highest BCUT2D eigenvalue weighted by atomic mass is 16.3. The van der Waals surface area contributed by atoms with Gasteiger partial charge in [-0.3, -0.25) is 0 Å². The average Bonchev–Trinajstić information content (AvgIpc) is 3.89. The van der Waals surface area contributed by atoms with Crippen molar-refractivity contribution in [2.45, 2.75) is 0 Å². The second-order valence-corrected chi connectivity index (χ2v) is 15.2. The second-order valence-electron chi connectivity index (χ2n) is 15.2. The van der Waals surface area contributed by atoms with Gasteiger partial charge in [-0.05, 0) is 110 Å². The first-order valence-electron chi connectivity index (χ1n) is 20.1. The van der Waals surface area contributed by atoms with E-state index in [4.69, 9.17) is 8.83 Å². The van der Waals surface area contributed by atoms with Gasteiger partial charge in [-0.15, -0.1) is 0 Å². The maximum atomic E-state index is 7.04. The van der Waals surface area contributed by atoms with Gasteiger partial charge in [-0.2, -0.15) is 0 Å². The predicted molar refractivity (Wildman–Crippen MR) is 247 cm³/mol. The summed E-state index contributed by atoms with van der Waals surface area (Å²) in [4.78, 5) is 2.36. The number of benzene rings is 10. The van der Waals surface area contributed by atoms with Gasteiger partial charge in [0.2, 0.25) is 0 Å². The van der Waals surface area contributed by atoms with Crippen LogP contribution in [0.5, 0.6) is 0 Å². The number of hydrogen-bond donors (Lipinski definition) is 0. The quantitative estimate of drug-likeness (QED) is 0.158. The third-order valence-corrected chi connectivity index (χ3v) is 11.9. The van der Waals surface area contributed by atoms with Crippen molar-refractivity contribution in [3.05, 3.63) is 212 Å². The van der Waals surface area contributed by atoms with Crippen LogP contribution in [0.25, 0.3) is 98.8 Å². The number of nitrogens with zero attached hydrogens (tertiary/aromatic N) is 1. The lowest BCUT2D eigenvalue weighted by Crippen LogP contribution is -2.10. The molecule has 0 fully saturated rings. The Morgan fingerprint density at radius 3 is 1.75 bits per heavy atom. The molecule has 12 rings (SSSR count). The van der Waals surface area contributed by atoms with E-state index >= 15 is 0 Å². The van der Waals surface area contributed by atoms with E-state index in [1.54, 1.807) is 0 Å². The van der Waals surface area contributed by atoms with Crippen LogP contribution in [0, 0.1) is 0 Å². The van der Waals surface area contributed by atoms with Crippen molar-refractivity contribution in [2.24, 2.45) is 0 Å². The number of furan rings is 2. The van der Waals surface area contributed by atoms with E-state index < -0.39 is 0 Å². The summed E-state index contributed by atoms with van der Waals surface area (Å²) in [5.41, 5.74) is 13.4. The van der Waals surface area contributed by atoms with Gasteiger partial charge in [0.1, 0.15) is 16.7 Å². The summed E-state index contributed by atoms with van der Waals surface area (Å²) < 4.78 is 13.3. The Kier molecular flexibility index (Phi) is 7.54. The zero-order valence-corrected chi connectivity index (χ0v) is 32.0. The summed E-state index contributed by atoms with van der Waals surface area (Å²) in [5, 5.41) is 9.27. The summed E-state index contributed by atoms with van der Waals surface area (Å²) >= 11 is 0. The van der Waals surface area contributed by atoms with Crippen LogP contribution in [0.3, 0.4) is 0 Å². The Bertz CT molecular complexity index is 3540. The molecule has 3 nitrogen and oxygen atoms in total. The van der Waals surface area contributed by atoms with Crippen molar-refractivity contribution in [1.29, 1.82) is 0 Å². The molecule has 2 heterocycles. The smallest absolute Gasteiger partial charge is 0.160 e. The first kappa shape index (κ1) is 33.3. The van der Waals surface area contributed by atoms with Crippen molar-refractivity contribution in [1.82, 2.24) is 0 Å². The number of anilines is 3. The van der Waals surface area contributed by atoms with E-state index in [2.05, 4.69) is 205 Å². The maximum absolute atomic E-state index is 7.04. The Hall–Kier alpha value is -7.88. The van der Waals surface area contributed by atoms with E-state index in [9.17, 15) is 0 Å². The van der Waals surface area contributed by atoms with Gasteiger partial charge in [0.15, 0.2) is 5.58 Å². The molecule has 3 heteroatoms. The molecule has 0 aliphatic heterocycles. The van der Waals surface area contributed by atoms with E-state index in [0.29, 0.717) is 0 Å². The molecule has 10 aromatic carbocycles. The van der Waals surface area contributed by atoms with E-state index in [0.717, 1.165) is 88.8 Å². The number of hydrogen-bond acceptors (Lipinski definition) is 3. The normalized spacial score (nSPS) is 11.7. The van der Waals surface area contributed by atoms with Crippen molar-refractivity contribution >= 4 is 82.5 Å². The SMILES string of the molecule is c1ccc(-c2ccc3oc4c(N(c5ccc(-c6cccc7oc8ccccc8c67)cc5)c5ccc6ccc7ccccc7c6c5)ccc(-c5ccccc5)c4c3c2)cc1. The Labute approximate surface area is 340 Å². The van der Waals surface area contributed by atoms with Gasteiger partial charge in [-0.1, -0.05) is 158 Å². The fourth-order valence-corrected chi connectivity index (χ4v) is 9.07. The minimum atomic E-state index is 0.836. The van der Waals surface area contributed by atoms with Crippen LogP contribution in [0.4, 0.5) is 17.1 Å². The number of fused-ring (bicyclic) bond motifs is 9. The summed E-state index contributed by atoms with van der Waals surface area (Å²) in [6.07, 6.45) is 0. The molecule has 0 N–H and O–H groups in total. The largest absolute Gasteiger partial charge is 0.456 e. The zero-order valence-electron chi connectivity index (χ0n) is 32.0. The van der Waals surface area contributed by atoms with Crippen molar-refractivity contribution < 1.29 is 8.83 Å². The molecule has 12 aromatic rings. The minimum Gasteiger partial charge on any atom is -0.456 e. The van der Waals surface area contributed by atoms with Crippen LogP contribution < -0.4 is 4.90 Å². The van der Waals surface area contributed by atoms with Crippen molar-refractivity contribution in [3.63, 3.8) is 0 Å². The maximum Gasteiger partial charge on any atom is 0.160 e. The molecular weight excluding hydrogens is 719 g/mol. The molecule has 0 atom stereocenters. The van der Waals surface area contributed by atoms with Crippen LogP contribution in [0.1, 0.15) is 0 Å². The first-order chi connectivity index (χ1) is 29.2. The Balaban J connectivity index is 1.11. The van der Waals surface area contributed by atoms with E-state index in [1.165, 1.54) is 27.1 Å². The van der Waals surface area contributed by atoms with Crippen molar-refractivity contribution in [2.75, 3.05) is 4.90 Å². The summed E-state index contributed by atoms with van der Waals surface area (Å²) in [5.74, 6) is 0. The molecule has 0 radical (unpaired) electrons. The molecule has 0 bridgehead atoms. The monoisotopic (exact) mass is 753 g/mol. The van der Waals surface area contributed by atoms with Gasteiger partial charge in [0, 0.05) is 32.9 Å². The standard InChI is InChI=1S/C56H35NO2/c1-3-12-36(13-4-1)41-27-33-52-49(34-41)55-46(37-14-5-2-6-15-37)31-32-50(56(55)59-52)57(43-30-26-40-23-22-38-16-7-8-17-44(38)48(40)35-43)42-28-24-39(25-29-42)45-19-11-21-53-54(45)47-18-9-10-20-51(47)58-53/h1-35H. The molecule has 0 saturated heterocycles. The molecule has 0 saturated carbocycles. The average molecular weight is 754 g/mol. The van der Waals surface area contributed by atoms with E-state index in [-0.39, 0.29) is 0 Å².